The third-order valence-corrected chi connectivity index (χ3v) is 7.35. The summed E-state index contributed by atoms with van der Waals surface area (Å²) in [6.07, 6.45) is 4.93. The van der Waals surface area contributed by atoms with Crippen LogP contribution >= 0.6 is 11.6 Å². The summed E-state index contributed by atoms with van der Waals surface area (Å²) < 4.78 is 0. The molecule has 5 rings (SSSR count). The zero-order chi connectivity index (χ0) is 24.9. The summed E-state index contributed by atoms with van der Waals surface area (Å²) in [4.78, 5) is 50.7. The van der Waals surface area contributed by atoms with Crippen LogP contribution in [0, 0.1) is 40.7 Å². The number of nitro groups is 1. The fourth-order valence-electron chi connectivity index (χ4n) is 5.38. The largest absolute Gasteiger partial charge is 0.378 e. The molecule has 35 heavy (non-hydrogen) atoms. The van der Waals surface area contributed by atoms with Gasteiger partial charge in [-0.15, -0.1) is 0 Å². The molecule has 2 fully saturated rings. The molecule has 0 spiro atoms. The number of carbonyl (C=O) groups excluding carboxylic acids is 3. The van der Waals surface area contributed by atoms with Crippen molar-refractivity contribution in [2.24, 2.45) is 23.7 Å². The lowest BCUT2D eigenvalue weighted by Gasteiger charge is -2.18. The normalized spacial score (nSPS) is 24.1. The molecule has 2 bridgehead atoms. The number of fused-ring (bicyclic) bond motifs is 5. The fourth-order valence-corrected chi connectivity index (χ4v) is 5.56. The lowest BCUT2D eigenvalue weighted by Crippen LogP contribution is -2.36. The number of nitrogens with one attached hydrogen (secondary N) is 2. The fraction of sp³-hybridized carbons (Fsp3) is 0.320. The van der Waals surface area contributed by atoms with E-state index in [1.165, 1.54) is 23.1 Å². The van der Waals surface area contributed by atoms with Crippen molar-refractivity contribution in [3.8, 4) is 0 Å². The van der Waals surface area contributed by atoms with Gasteiger partial charge in [-0.05, 0) is 55.0 Å². The number of rotatable bonds is 7. The van der Waals surface area contributed by atoms with Gasteiger partial charge in [0.25, 0.3) is 11.6 Å². The number of amides is 3. The van der Waals surface area contributed by atoms with Gasteiger partial charge in [0.1, 0.15) is 5.69 Å². The molecule has 3 amide bonds. The summed E-state index contributed by atoms with van der Waals surface area (Å²) in [5, 5.41) is 17.8. The molecule has 4 atom stereocenters. The zero-order valence-electron chi connectivity index (χ0n) is 18.9. The Balaban J connectivity index is 1.25. The first-order valence-electron chi connectivity index (χ1n) is 11.4. The quantitative estimate of drug-likeness (QED) is 0.259. The molecule has 2 aliphatic carbocycles. The highest BCUT2D eigenvalue weighted by molar-refractivity contribution is 6.31. The highest BCUT2D eigenvalue weighted by Gasteiger charge is 2.58. The maximum absolute atomic E-state index is 12.8. The van der Waals surface area contributed by atoms with E-state index in [2.05, 4.69) is 10.6 Å². The van der Waals surface area contributed by atoms with Crippen molar-refractivity contribution in [2.45, 2.75) is 13.3 Å². The van der Waals surface area contributed by atoms with Crippen LogP contribution in [0.2, 0.25) is 5.02 Å². The number of anilines is 2. The molecule has 180 valence electrons. The minimum atomic E-state index is -0.580. The number of benzene rings is 2. The van der Waals surface area contributed by atoms with Crippen molar-refractivity contribution < 1.29 is 19.3 Å². The molecule has 2 aromatic rings. The van der Waals surface area contributed by atoms with Crippen molar-refractivity contribution in [3.05, 3.63) is 74.8 Å². The summed E-state index contributed by atoms with van der Waals surface area (Å²) in [5.74, 6) is -1.09. The molecule has 10 heteroatoms. The molecule has 0 radical (unpaired) electrons. The average Bonchev–Trinajstić information content (AvgIpc) is 3.51. The van der Waals surface area contributed by atoms with E-state index in [0.29, 0.717) is 10.7 Å². The molecule has 9 nitrogen and oxygen atoms in total. The third-order valence-electron chi connectivity index (χ3n) is 7.12. The Bertz CT molecular complexity index is 1260. The van der Waals surface area contributed by atoms with Gasteiger partial charge < -0.3 is 10.6 Å². The third kappa shape index (κ3) is 4.05. The first kappa shape index (κ1) is 23.0. The number of allylic oxidation sites excluding steroid dienone is 2. The lowest BCUT2D eigenvalue weighted by molar-refractivity contribution is -0.384. The van der Waals surface area contributed by atoms with E-state index >= 15 is 0 Å². The number of carbonyl (C=O) groups is 3. The van der Waals surface area contributed by atoms with Crippen LogP contribution in [0.4, 0.5) is 17.1 Å². The maximum Gasteiger partial charge on any atom is 0.293 e. The Kier molecular flexibility index (Phi) is 5.80. The van der Waals surface area contributed by atoms with Crippen molar-refractivity contribution >= 4 is 46.4 Å². The van der Waals surface area contributed by atoms with Gasteiger partial charge in [0.2, 0.25) is 11.8 Å². The van der Waals surface area contributed by atoms with Crippen LogP contribution in [0.15, 0.2) is 48.6 Å². The van der Waals surface area contributed by atoms with E-state index in [1.807, 2.05) is 19.1 Å². The summed E-state index contributed by atoms with van der Waals surface area (Å²) in [5.41, 5.74) is 1.35. The average molecular weight is 495 g/mol. The molecular weight excluding hydrogens is 472 g/mol. The molecule has 0 unspecified atom stereocenters. The predicted octanol–water partition coefficient (Wildman–Crippen LogP) is 4.03. The molecule has 2 N–H and O–H groups in total. The number of hydrogen-bond donors (Lipinski definition) is 2. The van der Waals surface area contributed by atoms with Crippen LogP contribution in [-0.2, 0) is 9.59 Å². The number of imide groups is 1. The van der Waals surface area contributed by atoms with Crippen LogP contribution in [0.1, 0.15) is 22.3 Å². The van der Waals surface area contributed by atoms with E-state index in [0.717, 1.165) is 12.0 Å². The molecule has 3 aliphatic rings. The van der Waals surface area contributed by atoms with Gasteiger partial charge in [0, 0.05) is 35.4 Å². The van der Waals surface area contributed by atoms with E-state index in [1.54, 1.807) is 18.2 Å². The molecule has 0 aromatic heterocycles. The summed E-state index contributed by atoms with van der Waals surface area (Å²) in [7, 11) is 0. The smallest absolute Gasteiger partial charge is 0.293 e. The van der Waals surface area contributed by atoms with Gasteiger partial charge >= 0.3 is 0 Å². The number of nitrogens with zero attached hydrogens (tertiary/aromatic N) is 2. The van der Waals surface area contributed by atoms with E-state index < -0.39 is 10.8 Å². The molecule has 1 saturated heterocycles. The number of nitro benzene ring substituents is 1. The van der Waals surface area contributed by atoms with Crippen LogP contribution in [0.3, 0.4) is 0 Å². The second kappa shape index (κ2) is 8.81. The minimum Gasteiger partial charge on any atom is -0.378 e. The Morgan fingerprint density at radius 2 is 1.77 bits per heavy atom. The lowest BCUT2D eigenvalue weighted by atomic mass is 9.85. The van der Waals surface area contributed by atoms with Gasteiger partial charge in [-0.1, -0.05) is 29.8 Å². The van der Waals surface area contributed by atoms with Crippen molar-refractivity contribution in [2.75, 3.05) is 23.7 Å². The molecular formula is C25H23ClN4O5. The van der Waals surface area contributed by atoms with E-state index in [4.69, 9.17) is 11.6 Å². The van der Waals surface area contributed by atoms with Crippen LogP contribution < -0.4 is 10.6 Å². The first-order valence-corrected chi connectivity index (χ1v) is 11.8. The number of likely N-dealkylation sites (tertiary alicyclic amines) is 1. The summed E-state index contributed by atoms with van der Waals surface area (Å²) in [6.45, 7) is 2.09. The number of halogens is 1. The second-order valence-corrected chi connectivity index (χ2v) is 9.59. The zero-order valence-corrected chi connectivity index (χ0v) is 19.6. The second-order valence-electron chi connectivity index (χ2n) is 9.16. The molecule has 1 aliphatic heterocycles. The van der Waals surface area contributed by atoms with Crippen molar-refractivity contribution in [1.82, 2.24) is 4.90 Å². The van der Waals surface area contributed by atoms with Gasteiger partial charge in [-0.25, -0.2) is 0 Å². The molecule has 1 heterocycles. The summed E-state index contributed by atoms with van der Waals surface area (Å²) in [6, 6.07) is 9.19. The summed E-state index contributed by atoms with van der Waals surface area (Å²) >= 11 is 5.99. The Labute approximate surface area is 206 Å². The Hall–Kier alpha value is -3.72. The highest BCUT2D eigenvalue weighted by atomic mass is 35.5. The van der Waals surface area contributed by atoms with Gasteiger partial charge in [0.15, 0.2) is 0 Å². The van der Waals surface area contributed by atoms with Crippen LogP contribution in [0.25, 0.3) is 0 Å². The van der Waals surface area contributed by atoms with E-state index in [9.17, 15) is 24.5 Å². The molecule has 2 aromatic carbocycles. The topological polar surface area (TPSA) is 122 Å². The maximum atomic E-state index is 12.8. The van der Waals surface area contributed by atoms with Crippen LogP contribution in [0.5, 0.6) is 0 Å². The van der Waals surface area contributed by atoms with Gasteiger partial charge in [-0.3, -0.25) is 29.4 Å². The Morgan fingerprint density at radius 3 is 2.43 bits per heavy atom. The Morgan fingerprint density at radius 1 is 1.09 bits per heavy atom. The minimum absolute atomic E-state index is 0.113. The standard InChI is InChI=1S/C25H23ClN4O5/c1-13-2-6-17(26)12-19(13)28-23(31)16-5-7-18(20(11-16)30(34)35)27-8-9-29-24(32)21-14-3-4-15(10-14)22(21)25(29)33/h2-7,11-12,14-15,21-22,27H,8-10H2,1H3,(H,28,31)/t14-,15-,21+,22+/m0/s1. The van der Waals surface area contributed by atoms with Gasteiger partial charge in [0.05, 0.1) is 16.8 Å². The van der Waals surface area contributed by atoms with Crippen LogP contribution in [-0.4, -0.2) is 40.6 Å². The van der Waals surface area contributed by atoms with Crippen molar-refractivity contribution in [1.29, 1.82) is 0 Å². The monoisotopic (exact) mass is 494 g/mol. The highest BCUT2D eigenvalue weighted by Crippen LogP contribution is 2.52. The SMILES string of the molecule is Cc1ccc(Cl)cc1NC(=O)c1ccc(NCCN2C(=O)[C@H]3[C@H](C2=O)[C@H]2C=C[C@H]3C2)c([N+](=O)[O-])c1. The first-order chi connectivity index (χ1) is 16.7. The van der Waals surface area contributed by atoms with Crippen molar-refractivity contribution in [3.63, 3.8) is 0 Å². The number of aryl methyl sites for hydroxylation is 1. The predicted molar refractivity (Wildman–Crippen MR) is 130 cm³/mol. The van der Waals surface area contributed by atoms with E-state index in [-0.39, 0.29) is 65.5 Å². The number of hydrogen-bond acceptors (Lipinski definition) is 6. The molecule has 1 saturated carbocycles. The van der Waals surface area contributed by atoms with Gasteiger partial charge in [-0.2, -0.15) is 0 Å².